The van der Waals surface area contributed by atoms with E-state index in [0.29, 0.717) is 0 Å². The molecule has 0 fully saturated rings. The Hall–Kier alpha value is -1.28. The molecule has 2 heteroatoms. The van der Waals surface area contributed by atoms with Crippen LogP contribution in [0.1, 0.15) is 0 Å². The summed E-state index contributed by atoms with van der Waals surface area (Å²) in [6.45, 7) is 0. The van der Waals surface area contributed by atoms with Crippen LogP contribution >= 0.6 is 15.9 Å². The number of hydrogen-bond acceptors (Lipinski definition) is 1. The van der Waals surface area contributed by atoms with Gasteiger partial charge in [-0.15, -0.1) is 0 Å². The van der Waals surface area contributed by atoms with E-state index in [1.165, 1.54) is 11.1 Å². The number of rotatable bonds is 2. The quantitative estimate of drug-likeness (QED) is 0.856. The smallest absolute Gasteiger partial charge is 0.0417 e. The lowest BCUT2D eigenvalue weighted by Gasteiger charge is -2.10. The highest BCUT2D eigenvalue weighted by Gasteiger charge is 2.05. The summed E-state index contributed by atoms with van der Waals surface area (Å²) in [7, 11) is 1.94. The van der Waals surface area contributed by atoms with Gasteiger partial charge in [-0.3, -0.25) is 0 Å². The zero-order chi connectivity index (χ0) is 10.7. The van der Waals surface area contributed by atoms with Crippen molar-refractivity contribution in [1.82, 2.24) is 0 Å². The minimum absolute atomic E-state index is 1.12. The summed E-state index contributed by atoms with van der Waals surface area (Å²) < 4.78 is 1.12. The normalized spacial score (nSPS) is 10.0. The minimum atomic E-state index is 1.12. The van der Waals surface area contributed by atoms with Crippen molar-refractivity contribution in [2.45, 2.75) is 0 Å². The van der Waals surface area contributed by atoms with Crippen LogP contribution < -0.4 is 5.32 Å². The Morgan fingerprint density at radius 1 is 0.867 bits per heavy atom. The summed E-state index contributed by atoms with van der Waals surface area (Å²) >= 11 is 3.57. The summed E-state index contributed by atoms with van der Waals surface area (Å²) in [6.07, 6.45) is 0. The van der Waals surface area contributed by atoms with Crippen molar-refractivity contribution in [2.75, 3.05) is 12.4 Å². The van der Waals surface area contributed by atoms with Crippen molar-refractivity contribution < 1.29 is 0 Å². The van der Waals surface area contributed by atoms with Gasteiger partial charge in [-0.2, -0.15) is 0 Å². The zero-order valence-corrected chi connectivity index (χ0v) is 10.1. The molecule has 0 atom stereocenters. The summed E-state index contributed by atoms with van der Waals surface area (Å²) in [6, 6.07) is 16.5. The van der Waals surface area contributed by atoms with Gasteiger partial charge in [-0.25, -0.2) is 0 Å². The first-order valence-electron chi connectivity index (χ1n) is 4.84. The molecule has 0 aromatic heterocycles. The Kier molecular flexibility index (Phi) is 3.07. The van der Waals surface area contributed by atoms with Gasteiger partial charge in [0.15, 0.2) is 0 Å². The molecule has 0 saturated carbocycles. The van der Waals surface area contributed by atoms with E-state index in [0.717, 1.165) is 10.2 Å². The van der Waals surface area contributed by atoms with Gasteiger partial charge in [0.2, 0.25) is 0 Å². The third-order valence-corrected chi connectivity index (χ3v) is 3.05. The number of halogens is 1. The summed E-state index contributed by atoms with van der Waals surface area (Å²) in [5, 5.41) is 3.20. The summed E-state index contributed by atoms with van der Waals surface area (Å²) in [5.74, 6) is 0. The minimum Gasteiger partial charge on any atom is -0.388 e. The molecular formula is C13H12BrN. The van der Waals surface area contributed by atoms with E-state index >= 15 is 0 Å². The third-order valence-electron chi connectivity index (χ3n) is 2.36. The molecule has 2 aromatic rings. The second-order valence-electron chi connectivity index (χ2n) is 3.28. The van der Waals surface area contributed by atoms with E-state index in [2.05, 4.69) is 51.6 Å². The number of anilines is 1. The predicted octanol–water partition coefficient (Wildman–Crippen LogP) is 4.16. The van der Waals surface area contributed by atoms with Gasteiger partial charge >= 0.3 is 0 Å². The molecule has 0 aliphatic heterocycles. The van der Waals surface area contributed by atoms with Crippen LogP contribution in [-0.4, -0.2) is 7.05 Å². The van der Waals surface area contributed by atoms with E-state index < -0.39 is 0 Å². The molecule has 0 unspecified atom stereocenters. The van der Waals surface area contributed by atoms with Gasteiger partial charge in [-0.1, -0.05) is 52.3 Å². The van der Waals surface area contributed by atoms with E-state index in [4.69, 9.17) is 0 Å². The fraction of sp³-hybridized carbons (Fsp3) is 0.0769. The molecule has 0 amide bonds. The van der Waals surface area contributed by atoms with Crippen LogP contribution in [0, 0.1) is 0 Å². The SMILES string of the molecule is CNc1ccccc1-c1ccccc1Br. The van der Waals surface area contributed by atoms with Crippen LogP contribution in [0.4, 0.5) is 5.69 Å². The van der Waals surface area contributed by atoms with Gasteiger partial charge in [0, 0.05) is 22.8 Å². The van der Waals surface area contributed by atoms with Crippen molar-refractivity contribution in [3.8, 4) is 11.1 Å². The first-order valence-corrected chi connectivity index (χ1v) is 5.64. The van der Waals surface area contributed by atoms with Crippen LogP contribution in [0.15, 0.2) is 53.0 Å². The second-order valence-corrected chi connectivity index (χ2v) is 4.13. The monoisotopic (exact) mass is 261 g/mol. The summed E-state index contributed by atoms with van der Waals surface area (Å²) in [4.78, 5) is 0. The molecule has 0 aliphatic carbocycles. The van der Waals surface area contributed by atoms with Crippen molar-refractivity contribution in [3.63, 3.8) is 0 Å². The number of para-hydroxylation sites is 1. The lowest BCUT2D eigenvalue weighted by molar-refractivity contribution is 1.49. The van der Waals surface area contributed by atoms with Crippen molar-refractivity contribution in [2.24, 2.45) is 0 Å². The molecule has 15 heavy (non-hydrogen) atoms. The van der Waals surface area contributed by atoms with Crippen LogP contribution in [-0.2, 0) is 0 Å². The van der Waals surface area contributed by atoms with Crippen LogP contribution in [0.25, 0.3) is 11.1 Å². The van der Waals surface area contributed by atoms with Crippen LogP contribution in [0.3, 0.4) is 0 Å². The van der Waals surface area contributed by atoms with Gasteiger partial charge < -0.3 is 5.32 Å². The Morgan fingerprint density at radius 2 is 1.47 bits per heavy atom. The highest BCUT2D eigenvalue weighted by atomic mass is 79.9. The van der Waals surface area contributed by atoms with Gasteiger partial charge in [0.1, 0.15) is 0 Å². The molecule has 1 N–H and O–H groups in total. The third kappa shape index (κ3) is 2.05. The highest BCUT2D eigenvalue weighted by Crippen LogP contribution is 2.32. The van der Waals surface area contributed by atoms with E-state index in [1.54, 1.807) is 0 Å². The largest absolute Gasteiger partial charge is 0.388 e. The number of nitrogens with one attached hydrogen (secondary N) is 1. The predicted molar refractivity (Wildman–Crippen MR) is 69.1 cm³/mol. The Morgan fingerprint density at radius 3 is 2.13 bits per heavy atom. The molecular weight excluding hydrogens is 250 g/mol. The Labute approximate surface area is 98.3 Å². The molecule has 0 heterocycles. The molecule has 0 radical (unpaired) electrons. The maximum Gasteiger partial charge on any atom is 0.0417 e. The number of hydrogen-bond donors (Lipinski definition) is 1. The first-order chi connectivity index (χ1) is 7.33. The fourth-order valence-corrected chi connectivity index (χ4v) is 2.11. The molecule has 2 rings (SSSR count). The molecule has 2 aromatic carbocycles. The van der Waals surface area contributed by atoms with Crippen molar-refractivity contribution in [1.29, 1.82) is 0 Å². The standard InChI is InChI=1S/C13H12BrN/c1-15-13-9-5-3-7-11(13)10-6-2-4-8-12(10)14/h2-9,15H,1H3. The van der Waals surface area contributed by atoms with Crippen molar-refractivity contribution >= 4 is 21.6 Å². The van der Waals surface area contributed by atoms with Gasteiger partial charge in [0.05, 0.1) is 0 Å². The Bertz CT molecular complexity index is 466. The maximum atomic E-state index is 3.57. The van der Waals surface area contributed by atoms with Crippen molar-refractivity contribution in [3.05, 3.63) is 53.0 Å². The number of benzene rings is 2. The van der Waals surface area contributed by atoms with Gasteiger partial charge in [-0.05, 0) is 17.7 Å². The molecule has 0 spiro atoms. The van der Waals surface area contributed by atoms with Crippen LogP contribution in [0.2, 0.25) is 0 Å². The Balaban J connectivity index is 2.59. The molecule has 1 nitrogen and oxygen atoms in total. The molecule has 0 aliphatic rings. The maximum absolute atomic E-state index is 3.57. The molecule has 0 bridgehead atoms. The van der Waals surface area contributed by atoms with Crippen LogP contribution in [0.5, 0.6) is 0 Å². The van der Waals surface area contributed by atoms with Gasteiger partial charge in [0.25, 0.3) is 0 Å². The van der Waals surface area contributed by atoms with E-state index in [-0.39, 0.29) is 0 Å². The molecule has 76 valence electrons. The molecule has 0 saturated heterocycles. The van der Waals surface area contributed by atoms with E-state index in [9.17, 15) is 0 Å². The summed E-state index contributed by atoms with van der Waals surface area (Å²) in [5.41, 5.74) is 3.57. The highest BCUT2D eigenvalue weighted by molar-refractivity contribution is 9.10. The fourth-order valence-electron chi connectivity index (χ4n) is 1.62. The zero-order valence-electron chi connectivity index (χ0n) is 8.50. The lowest BCUT2D eigenvalue weighted by Crippen LogP contribution is -1.91. The topological polar surface area (TPSA) is 12.0 Å². The first kappa shape index (κ1) is 10.2. The lowest BCUT2D eigenvalue weighted by atomic mass is 10.0. The average Bonchev–Trinajstić information content (AvgIpc) is 2.30. The van der Waals surface area contributed by atoms with E-state index in [1.807, 2.05) is 25.2 Å². The second kappa shape index (κ2) is 4.49. The average molecular weight is 262 g/mol.